The van der Waals surface area contributed by atoms with Crippen LogP contribution in [-0.4, -0.2) is 47.2 Å². The van der Waals surface area contributed by atoms with Gasteiger partial charge in [0.2, 0.25) is 17.6 Å². The molecule has 2 aromatic carbocycles. The van der Waals surface area contributed by atoms with Crippen LogP contribution in [0, 0.1) is 5.92 Å². The van der Waals surface area contributed by atoms with E-state index in [-0.39, 0.29) is 17.2 Å². The number of aryl methyl sites for hydroxylation is 1. The molecule has 2 heterocycles. The maximum atomic E-state index is 12.7. The quantitative estimate of drug-likeness (QED) is 0.324. The van der Waals surface area contributed by atoms with Gasteiger partial charge >= 0.3 is 0 Å². The predicted octanol–water partition coefficient (Wildman–Crippen LogP) is 5.78. The van der Waals surface area contributed by atoms with Crippen molar-refractivity contribution in [2.24, 2.45) is 5.92 Å². The lowest BCUT2D eigenvalue weighted by Gasteiger charge is -2.30. The second-order valence-corrected chi connectivity index (χ2v) is 11.2. The maximum absolute atomic E-state index is 12.7. The molecule has 1 amide bonds. The van der Waals surface area contributed by atoms with Gasteiger partial charge in [0, 0.05) is 18.0 Å². The maximum Gasteiger partial charge on any atom is 0.241 e. The van der Waals surface area contributed by atoms with Gasteiger partial charge in [-0.3, -0.25) is 9.69 Å². The number of benzene rings is 2. The standard InChI is InChI=1S/C31H42N4O3/c1-5-21-37-27-11-7-6-9-23(27)10-8-18-32-30(36)25-16-19-35(20-17-25)22-28-33-29(34-38-28)24-12-14-26(15-13-24)31(2,3)4/h6-7,9,11-15,25H,5,8,10,16-22H2,1-4H3,(H,32,36). The molecule has 0 radical (unpaired) electrons. The number of carbonyl (C=O) groups excluding carboxylic acids is 1. The van der Waals surface area contributed by atoms with Gasteiger partial charge in [0.1, 0.15) is 5.75 Å². The van der Waals surface area contributed by atoms with E-state index >= 15 is 0 Å². The van der Waals surface area contributed by atoms with Crippen LogP contribution in [-0.2, 0) is 23.2 Å². The van der Waals surface area contributed by atoms with Gasteiger partial charge in [-0.2, -0.15) is 4.98 Å². The molecular formula is C31H42N4O3. The number of nitrogens with zero attached hydrogens (tertiary/aromatic N) is 3. The summed E-state index contributed by atoms with van der Waals surface area (Å²) >= 11 is 0. The number of aromatic nitrogens is 2. The van der Waals surface area contributed by atoms with Crippen LogP contribution >= 0.6 is 0 Å². The Morgan fingerprint density at radius 3 is 2.55 bits per heavy atom. The van der Waals surface area contributed by atoms with Gasteiger partial charge in [0.15, 0.2) is 0 Å². The van der Waals surface area contributed by atoms with Gasteiger partial charge in [-0.1, -0.05) is 75.3 Å². The molecule has 1 N–H and O–H groups in total. The minimum atomic E-state index is 0.0611. The van der Waals surface area contributed by atoms with Crippen molar-refractivity contribution in [2.45, 2.75) is 71.8 Å². The monoisotopic (exact) mass is 518 g/mol. The van der Waals surface area contributed by atoms with Crippen LogP contribution in [0.1, 0.15) is 70.4 Å². The summed E-state index contributed by atoms with van der Waals surface area (Å²) in [5, 5.41) is 7.33. The van der Waals surface area contributed by atoms with E-state index < -0.39 is 0 Å². The molecular weight excluding hydrogens is 476 g/mol. The van der Waals surface area contributed by atoms with Crippen molar-refractivity contribution in [3.63, 3.8) is 0 Å². The molecule has 38 heavy (non-hydrogen) atoms. The van der Waals surface area contributed by atoms with Gasteiger partial charge in [0.05, 0.1) is 13.2 Å². The van der Waals surface area contributed by atoms with Crippen molar-refractivity contribution in [2.75, 3.05) is 26.2 Å². The first kappa shape index (κ1) is 27.8. The largest absolute Gasteiger partial charge is 0.493 e. The third-order valence-electron chi connectivity index (χ3n) is 7.15. The van der Waals surface area contributed by atoms with Crippen LogP contribution in [0.4, 0.5) is 0 Å². The fourth-order valence-corrected chi connectivity index (χ4v) is 4.80. The van der Waals surface area contributed by atoms with Crippen LogP contribution in [0.2, 0.25) is 0 Å². The molecule has 0 atom stereocenters. The average molecular weight is 519 g/mol. The van der Waals surface area contributed by atoms with Gasteiger partial charge in [0.25, 0.3) is 0 Å². The number of rotatable bonds is 11. The number of hydrogen-bond acceptors (Lipinski definition) is 6. The molecule has 0 bridgehead atoms. The second-order valence-electron chi connectivity index (χ2n) is 11.2. The zero-order valence-corrected chi connectivity index (χ0v) is 23.3. The Labute approximate surface area is 227 Å². The predicted molar refractivity (Wildman–Crippen MR) is 150 cm³/mol. The first-order valence-corrected chi connectivity index (χ1v) is 14.0. The third kappa shape index (κ3) is 7.67. The number of hydrogen-bond donors (Lipinski definition) is 1. The lowest BCUT2D eigenvalue weighted by molar-refractivity contribution is -0.126. The summed E-state index contributed by atoms with van der Waals surface area (Å²) in [5.74, 6) is 2.42. The molecule has 4 rings (SSSR count). The van der Waals surface area contributed by atoms with Gasteiger partial charge < -0.3 is 14.6 Å². The minimum absolute atomic E-state index is 0.0611. The topological polar surface area (TPSA) is 80.5 Å². The van der Waals surface area contributed by atoms with Crippen LogP contribution in [0.5, 0.6) is 5.75 Å². The number of carbonyl (C=O) groups is 1. The molecule has 7 nitrogen and oxygen atoms in total. The molecule has 0 aliphatic carbocycles. The lowest BCUT2D eigenvalue weighted by Crippen LogP contribution is -2.40. The molecule has 1 aliphatic heterocycles. The molecule has 1 aromatic heterocycles. The van der Waals surface area contributed by atoms with Crippen LogP contribution in [0.3, 0.4) is 0 Å². The summed E-state index contributed by atoms with van der Waals surface area (Å²) in [5.41, 5.74) is 3.55. The number of amides is 1. The number of likely N-dealkylation sites (tertiary alicyclic amines) is 1. The second kappa shape index (κ2) is 13.1. The number of para-hydroxylation sites is 1. The van der Waals surface area contributed by atoms with E-state index in [2.05, 4.69) is 78.4 Å². The highest BCUT2D eigenvalue weighted by Gasteiger charge is 2.26. The van der Waals surface area contributed by atoms with E-state index in [1.807, 2.05) is 18.2 Å². The summed E-state index contributed by atoms with van der Waals surface area (Å²) in [6, 6.07) is 16.5. The average Bonchev–Trinajstić information content (AvgIpc) is 3.39. The van der Waals surface area contributed by atoms with E-state index in [0.29, 0.717) is 24.8 Å². The van der Waals surface area contributed by atoms with E-state index in [9.17, 15) is 4.79 Å². The van der Waals surface area contributed by atoms with Crippen molar-refractivity contribution < 1.29 is 14.1 Å². The fraction of sp³-hybridized carbons (Fsp3) is 0.516. The summed E-state index contributed by atoms with van der Waals surface area (Å²) in [6.07, 6.45) is 4.47. The molecule has 0 spiro atoms. The normalized spacial score (nSPS) is 14.9. The Hall–Kier alpha value is -3.19. The molecule has 204 valence electrons. The van der Waals surface area contributed by atoms with E-state index in [1.165, 1.54) is 11.1 Å². The SMILES string of the molecule is CCCOc1ccccc1CCCNC(=O)C1CCN(Cc2nc(-c3ccc(C(C)(C)C)cc3)no2)CC1. The molecule has 1 saturated heterocycles. The smallest absolute Gasteiger partial charge is 0.241 e. The Morgan fingerprint density at radius 2 is 1.84 bits per heavy atom. The van der Waals surface area contributed by atoms with Gasteiger partial charge in [-0.25, -0.2) is 0 Å². The van der Waals surface area contributed by atoms with Crippen LogP contribution in [0.25, 0.3) is 11.4 Å². The van der Waals surface area contributed by atoms with Crippen molar-refractivity contribution in [3.8, 4) is 17.1 Å². The fourth-order valence-electron chi connectivity index (χ4n) is 4.80. The zero-order chi connectivity index (χ0) is 27.0. The van der Waals surface area contributed by atoms with Crippen molar-refractivity contribution in [1.82, 2.24) is 20.4 Å². The first-order valence-electron chi connectivity index (χ1n) is 14.0. The number of ether oxygens (including phenoxy) is 1. The van der Waals surface area contributed by atoms with Gasteiger partial charge in [-0.15, -0.1) is 0 Å². The lowest BCUT2D eigenvalue weighted by atomic mass is 9.87. The van der Waals surface area contributed by atoms with Crippen molar-refractivity contribution in [1.29, 1.82) is 0 Å². The van der Waals surface area contributed by atoms with Crippen molar-refractivity contribution in [3.05, 3.63) is 65.5 Å². The Bertz CT molecular complexity index is 1160. The highest BCUT2D eigenvalue weighted by atomic mass is 16.5. The van der Waals surface area contributed by atoms with Gasteiger partial charge in [-0.05, 0) is 67.8 Å². The Kier molecular flexibility index (Phi) is 9.56. The van der Waals surface area contributed by atoms with Crippen LogP contribution < -0.4 is 10.1 Å². The minimum Gasteiger partial charge on any atom is -0.493 e. The first-order chi connectivity index (χ1) is 18.3. The summed E-state index contributed by atoms with van der Waals surface area (Å²) in [4.78, 5) is 19.6. The summed E-state index contributed by atoms with van der Waals surface area (Å²) in [7, 11) is 0. The zero-order valence-electron chi connectivity index (χ0n) is 23.3. The van der Waals surface area contributed by atoms with E-state index in [4.69, 9.17) is 9.26 Å². The summed E-state index contributed by atoms with van der Waals surface area (Å²) < 4.78 is 11.4. The van der Waals surface area contributed by atoms with E-state index in [1.54, 1.807) is 0 Å². The molecule has 0 unspecified atom stereocenters. The molecule has 1 fully saturated rings. The highest BCUT2D eigenvalue weighted by Crippen LogP contribution is 2.26. The molecule has 0 saturated carbocycles. The number of nitrogens with one attached hydrogen (secondary N) is 1. The Balaban J connectivity index is 1.18. The molecule has 3 aromatic rings. The third-order valence-corrected chi connectivity index (χ3v) is 7.15. The Morgan fingerprint density at radius 1 is 1.11 bits per heavy atom. The van der Waals surface area contributed by atoms with Crippen molar-refractivity contribution >= 4 is 5.91 Å². The van der Waals surface area contributed by atoms with E-state index in [0.717, 1.165) is 63.1 Å². The summed E-state index contributed by atoms with van der Waals surface area (Å²) in [6.45, 7) is 12.4. The molecule has 7 heteroatoms. The number of piperidine rings is 1. The molecule has 1 aliphatic rings. The van der Waals surface area contributed by atoms with Crippen LogP contribution in [0.15, 0.2) is 53.1 Å². The highest BCUT2D eigenvalue weighted by molar-refractivity contribution is 5.78.